The molecule has 0 aliphatic rings. The largest absolute Gasteiger partial charge is 0.508 e. The first-order valence-electron chi connectivity index (χ1n) is 12.0. The molecule has 0 saturated carbocycles. The Morgan fingerprint density at radius 1 is 0.846 bits per heavy atom. The molecule has 39 heavy (non-hydrogen) atoms. The molecule has 0 heterocycles. The van der Waals surface area contributed by atoms with Crippen molar-refractivity contribution in [1.29, 1.82) is 0 Å². The van der Waals surface area contributed by atoms with Gasteiger partial charge in [-0.3, -0.25) is 24.2 Å². The number of nitrogens with one attached hydrogen (secondary N) is 3. The molecule has 0 fully saturated rings. The predicted molar refractivity (Wildman–Crippen MR) is 139 cm³/mol. The maximum Gasteiger partial charge on any atom is 0.328 e. The molecule has 0 aliphatic carbocycles. The Hall–Kier alpha value is -4.44. The number of nitrogens with zero attached hydrogens (tertiary/aromatic N) is 1. The Morgan fingerprint density at radius 2 is 1.38 bits per heavy atom. The fourth-order valence-electron chi connectivity index (χ4n) is 3.32. The summed E-state index contributed by atoms with van der Waals surface area (Å²) in [7, 11) is 0. The van der Waals surface area contributed by atoms with E-state index in [9.17, 15) is 34.2 Å². The zero-order valence-corrected chi connectivity index (χ0v) is 21.2. The van der Waals surface area contributed by atoms with Crippen LogP contribution in [0, 0.1) is 0 Å². The van der Waals surface area contributed by atoms with Crippen molar-refractivity contribution in [3.63, 3.8) is 0 Å². The quantitative estimate of drug-likeness (QED) is 0.0506. The van der Waals surface area contributed by atoms with Gasteiger partial charge in [-0.1, -0.05) is 12.1 Å². The first-order chi connectivity index (χ1) is 18.3. The van der Waals surface area contributed by atoms with Gasteiger partial charge in [0.15, 0.2) is 5.96 Å². The van der Waals surface area contributed by atoms with Crippen LogP contribution in [0.1, 0.15) is 31.2 Å². The lowest BCUT2D eigenvalue weighted by molar-refractivity contribution is -0.143. The number of aromatic hydroxyl groups is 1. The van der Waals surface area contributed by atoms with Crippen molar-refractivity contribution in [1.82, 2.24) is 16.0 Å². The van der Waals surface area contributed by atoms with Crippen molar-refractivity contribution in [2.45, 2.75) is 56.3 Å². The summed E-state index contributed by atoms with van der Waals surface area (Å²) >= 11 is 0. The predicted octanol–water partition coefficient (Wildman–Crippen LogP) is -3.89. The number of carbonyl (C=O) groups is 5. The summed E-state index contributed by atoms with van der Waals surface area (Å²) in [6.45, 7) is -0.788. The average molecular weight is 553 g/mol. The Morgan fingerprint density at radius 3 is 1.90 bits per heavy atom. The van der Waals surface area contributed by atoms with E-state index in [1.54, 1.807) is 12.1 Å². The highest BCUT2D eigenvalue weighted by Gasteiger charge is 2.30. The summed E-state index contributed by atoms with van der Waals surface area (Å²) in [6.07, 6.45) is -0.240. The number of aliphatic imine (C=N–C) groups is 1. The van der Waals surface area contributed by atoms with Crippen molar-refractivity contribution in [3.8, 4) is 5.75 Å². The summed E-state index contributed by atoms with van der Waals surface area (Å²) < 4.78 is 0. The van der Waals surface area contributed by atoms with E-state index in [0.29, 0.717) is 5.56 Å². The monoisotopic (exact) mass is 552 g/mol. The third kappa shape index (κ3) is 12.6. The van der Waals surface area contributed by atoms with Gasteiger partial charge in [0.05, 0.1) is 12.6 Å². The van der Waals surface area contributed by atoms with Crippen LogP contribution in [0.3, 0.4) is 0 Å². The third-order valence-corrected chi connectivity index (χ3v) is 5.42. The lowest BCUT2D eigenvalue weighted by Gasteiger charge is -2.25. The van der Waals surface area contributed by atoms with Crippen LogP contribution in [-0.2, 0) is 30.4 Å². The minimum Gasteiger partial charge on any atom is -0.508 e. The summed E-state index contributed by atoms with van der Waals surface area (Å²) in [5.74, 6) is -4.92. The number of benzene rings is 1. The van der Waals surface area contributed by atoms with Crippen LogP contribution >= 0.6 is 0 Å². The van der Waals surface area contributed by atoms with Gasteiger partial charge >= 0.3 is 5.97 Å². The van der Waals surface area contributed by atoms with Crippen molar-refractivity contribution in [2.24, 2.45) is 27.9 Å². The number of primary amides is 1. The third-order valence-electron chi connectivity index (χ3n) is 5.42. The van der Waals surface area contributed by atoms with Crippen molar-refractivity contribution < 1.29 is 39.3 Å². The molecule has 16 heteroatoms. The van der Waals surface area contributed by atoms with E-state index < -0.39 is 60.4 Å². The number of guanidine groups is 1. The van der Waals surface area contributed by atoms with E-state index in [1.165, 1.54) is 12.1 Å². The van der Waals surface area contributed by atoms with E-state index in [-0.39, 0.29) is 50.4 Å². The van der Waals surface area contributed by atoms with Crippen LogP contribution in [0.25, 0.3) is 0 Å². The number of phenols is 1. The number of nitrogens with two attached hydrogens (primary N) is 4. The number of amides is 4. The number of carbonyl (C=O) groups excluding carboxylic acids is 4. The molecule has 1 aromatic rings. The molecule has 16 nitrogen and oxygen atoms in total. The SMILES string of the molecule is NC(=O)CCC(NC(=O)C(CCCN=C(N)N)NC(=O)C(N)Cc1ccc(O)cc1)C(=O)NC(CO)C(=O)O. The molecule has 0 spiro atoms. The standard InChI is InChI=1S/C23H36N8O8/c24-14(10-12-3-5-13(33)6-4-12)19(35)29-15(2-1-9-28-23(26)27)20(36)30-16(7-8-18(25)34)21(37)31-17(11-32)22(38)39/h3-6,14-17,32-33H,1-2,7-11,24H2,(H2,25,34)(H,29,35)(H,30,36)(H,31,37)(H,38,39)(H4,26,27,28). The molecule has 0 aromatic heterocycles. The van der Waals surface area contributed by atoms with E-state index in [1.807, 2.05) is 0 Å². The second-order valence-corrected chi connectivity index (χ2v) is 8.64. The van der Waals surface area contributed by atoms with Crippen LogP contribution in [0.2, 0.25) is 0 Å². The van der Waals surface area contributed by atoms with E-state index in [2.05, 4.69) is 20.9 Å². The molecular weight excluding hydrogens is 516 g/mol. The highest BCUT2D eigenvalue weighted by Crippen LogP contribution is 2.11. The van der Waals surface area contributed by atoms with Gasteiger partial charge in [0.25, 0.3) is 0 Å². The van der Waals surface area contributed by atoms with Crippen LogP contribution in [0.4, 0.5) is 0 Å². The molecule has 216 valence electrons. The number of hydrogen-bond donors (Lipinski definition) is 10. The average Bonchev–Trinajstić information content (AvgIpc) is 2.87. The first-order valence-corrected chi connectivity index (χ1v) is 12.0. The van der Waals surface area contributed by atoms with Crippen molar-refractivity contribution in [2.75, 3.05) is 13.2 Å². The number of hydrogen-bond acceptors (Lipinski definition) is 9. The topological polar surface area (TPSA) is 299 Å². The van der Waals surface area contributed by atoms with Crippen molar-refractivity contribution in [3.05, 3.63) is 29.8 Å². The van der Waals surface area contributed by atoms with E-state index in [0.717, 1.165) is 0 Å². The Kier molecular flexibility index (Phi) is 13.7. The number of phenolic OH excluding ortho intramolecular Hbond substituents is 1. The van der Waals surface area contributed by atoms with E-state index >= 15 is 0 Å². The summed E-state index contributed by atoms with van der Waals surface area (Å²) in [4.78, 5) is 64.9. The van der Waals surface area contributed by atoms with Gasteiger partial charge in [0, 0.05) is 13.0 Å². The number of aliphatic hydroxyl groups excluding tert-OH is 1. The fourth-order valence-corrected chi connectivity index (χ4v) is 3.32. The smallest absolute Gasteiger partial charge is 0.328 e. The molecule has 0 bridgehead atoms. The van der Waals surface area contributed by atoms with Gasteiger partial charge < -0.3 is 54.2 Å². The van der Waals surface area contributed by atoms with Gasteiger partial charge in [-0.25, -0.2) is 4.79 Å². The molecule has 1 rings (SSSR count). The van der Waals surface area contributed by atoms with Crippen LogP contribution < -0.4 is 38.9 Å². The van der Waals surface area contributed by atoms with Crippen LogP contribution in [-0.4, -0.2) is 88.2 Å². The van der Waals surface area contributed by atoms with E-state index in [4.69, 9.17) is 28.0 Å². The van der Waals surface area contributed by atoms with Gasteiger partial charge in [-0.2, -0.15) is 0 Å². The fraction of sp³-hybridized carbons (Fsp3) is 0.478. The number of aliphatic carboxylic acids is 1. The molecular formula is C23H36N8O8. The molecule has 4 unspecified atom stereocenters. The highest BCUT2D eigenvalue weighted by molar-refractivity contribution is 5.94. The van der Waals surface area contributed by atoms with Gasteiger partial charge in [-0.15, -0.1) is 0 Å². The van der Waals surface area contributed by atoms with Gasteiger partial charge in [0.2, 0.25) is 23.6 Å². The molecule has 14 N–H and O–H groups in total. The molecule has 4 amide bonds. The highest BCUT2D eigenvalue weighted by atomic mass is 16.4. The zero-order valence-electron chi connectivity index (χ0n) is 21.2. The molecule has 1 aromatic carbocycles. The van der Waals surface area contributed by atoms with Gasteiger partial charge in [-0.05, 0) is 43.4 Å². The minimum atomic E-state index is -1.65. The molecule has 4 atom stereocenters. The number of rotatable bonds is 17. The number of aliphatic hydroxyl groups is 1. The van der Waals surface area contributed by atoms with Crippen LogP contribution in [0.5, 0.6) is 5.75 Å². The minimum absolute atomic E-state index is 0.0266. The molecule has 0 saturated heterocycles. The maximum absolute atomic E-state index is 13.1. The molecule has 0 aliphatic heterocycles. The second kappa shape index (κ2) is 16.4. The summed E-state index contributed by atoms with van der Waals surface area (Å²) in [5, 5.41) is 34.7. The Labute approximate surface area is 224 Å². The zero-order chi connectivity index (χ0) is 29.5. The lowest BCUT2D eigenvalue weighted by atomic mass is 10.0. The second-order valence-electron chi connectivity index (χ2n) is 8.64. The first kappa shape index (κ1) is 32.6. The number of carboxylic acids is 1. The summed E-state index contributed by atoms with van der Waals surface area (Å²) in [6, 6.07) is 0.680. The van der Waals surface area contributed by atoms with Crippen LogP contribution in [0.15, 0.2) is 29.3 Å². The lowest BCUT2D eigenvalue weighted by Crippen LogP contribution is -2.57. The van der Waals surface area contributed by atoms with Crippen molar-refractivity contribution >= 4 is 35.6 Å². The summed E-state index contributed by atoms with van der Waals surface area (Å²) in [5.41, 5.74) is 22.4. The number of carboxylic acid groups (broad SMARTS) is 1. The molecule has 0 radical (unpaired) electrons. The van der Waals surface area contributed by atoms with Gasteiger partial charge in [0.1, 0.15) is 23.9 Å². The Bertz CT molecular complexity index is 1030. The maximum atomic E-state index is 13.1. The normalized spacial score (nSPS) is 13.7. The Balaban J connectivity index is 3.03.